The minimum Gasteiger partial charge on any atom is -0.342 e. The predicted octanol–water partition coefficient (Wildman–Crippen LogP) is 2.80. The smallest absolute Gasteiger partial charge is 0.120 e. The van der Waals surface area contributed by atoms with Crippen LogP contribution < -0.4 is 5.32 Å². The number of rotatable bonds is 4. The lowest BCUT2D eigenvalue weighted by Gasteiger charge is -1.99. The number of benzene rings is 1. The fourth-order valence-electron chi connectivity index (χ4n) is 2.15. The van der Waals surface area contributed by atoms with Gasteiger partial charge in [0.1, 0.15) is 16.8 Å². The Morgan fingerprint density at radius 1 is 1.35 bits per heavy atom. The van der Waals surface area contributed by atoms with Gasteiger partial charge in [0.25, 0.3) is 0 Å². The largest absolute Gasteiger partial charge is 0.342 e. The van der Waals surface area contributed by atoms with Crippen molar-refractivity contribution in [2.75, 3.05) is 0 Å². The minimum atomic E-state index is 0.682. The standard InChI is InChI=1S/C15H14N4S/c1-19-10-11(6-12(19)7-16)8-17-9-15-18-13-4-2-3-5-14(13)20-15/h2-6,10,17H,8-9H2,1H3. The number of thiazole rings is 1. The van der Waals surface area contributed by atoms with E-state index in [2.05, 4.69) is 22.4 Å². The normalized spacial score (nSPS) is 10.8. The number of aromatic nitrogens is 2. The van der Waals surface area contributed by atoms with Crippen molar-refractivity contribution < 1.29 is 0 Å². The number of hydrogen-bond acceptors (Lipinski definition) is 4. The van der Waals surface area contributed by atoms with Crippen molar-refractivity contribution in [1.82, 2.24) is 14.9 Å². The van der Waals surface area contributed by atoms with Crippen LogP contribution in [0, 0.1) is 11.3 Å². The molecule has 0 aliphatic rings. The first-order chi connectivity index (χ1) is 9.76. The molecule has 2 heterocycles. The second-order valence-corrected chi connectivity index (χ2v) is 5.75. The Morgan fingerprint density at radius 3 is 2.95 bits per heavy atom. The van der Waals surface area contributed by atoms with Gasteiger partial charge in [0.05, 0.1) is 10.2 Å². The van der Waals surface area contributed by atoms with Gasteiger partial charge >= 0.3 is 0 Å². The highest BCUT2D eigenvalue weighted by Gasteiger charge is 2.04. The van der Waals surface area contributed by atoms with Crippen molar-refractivity contribution in [2.45, 2.75) is 13.1 Å². The SMILES string of the molecule is Cn1cc(CNCc2nc3ccccc3s2)cc1C#N. The molecule has 100 valence electrons. The van der Waals surface area contributed by atoms with Gasteiger partial charge in [-0.1, -0.05) is 12.1 Å². The monoisotopic (exact) mass is 282 g/mol. The second kappa shape index (κ2) is 5.45. The van der Waals surface area contributed by atoms with Crippen LogP contribution in [0.4, 0.5) is 0 Å². The van der Waals surface area contributed by atoms with E-state index in [9.17, 15) is 0 Å². The molecule has 5 heteroatoms. The summed E-state index contributed by atoms with van der Waals surface area (Å²) in [5.74, 6) is 0. The molecule has 0 bridgehead atoms. The molecule has 1 aromatic carbocycles. The maximum Gasteiger partial charge on any atom is 0.120 e. The van der Waals surface area contributed by atoms with E-state index >= 15 is 0 Å². The Kier molecular flexibility index (Phi) is 3.50. The molecule has 0 saturated heterocycles. The van der Waals surface area contributed by atoms with E-state index in [0.717, 1.165) is 29.2 Å². The Bertz CT molecular complexity index is 746. The van der Waals surface area contributed by atoms with Gasteiger partial charge in [-0.25, -0.2) is 4.98 Å². The summed E-state index contributed by atoms with van der Waals surface area (Å²) in [5, 5.41) is 13.4. The molecule has 2 aromatic heterocycles. The molecule has 0 fully saturated rings. The summed E-state index contributed by atoms with van der Waals surface area (Å²) in [6, 6.07) is 12.2. The van der Waals surface area contributed by atoms with Crippen LogP contribution in [0.25, 0.3) is 10.2 Å². The topological polar surface area (TPSA) is 53.6 Å². The van der Waals surface area contributed by atoms with Crippen LogP contribution in [0.1, 0.15) is 16.3 Å². The third-order valence-corrected chi connectivity index (χ3v) is 4.16. The second-order valence-electron chi connectivity index (χ2n) is 4.64. The quantitative estimate of drug-likeness (QED) is 0.800. The van der Waals surface area contributed by atoms with Gasteiger partial charge < -0.3 is 9.88 Å². The van der Waals surface area contributed by atoms with E-state index in [1.807, 2.05) is 42.1 Å². The molecule has 0 unspecified atom stereocenters. The number of hydrogen-bond donors (Lipinski definition) is 1. The van der Waals surface area contributed by atoms with Gasteiger partial charge in [-0.05, 0) is 23.8 Å². The number of nitrogens with zero attached hydrogens (tertiary/aromatic N) is 3. The van der Waals surface area contributed by atoms with Crippen LogP contribution in [-0.4, -0.2) is 9.55 Å². The third kappa shape index (κ3) is 2.57. The minimum absolute atomic E-state index is 0.682. The molecule has 3 rings (SSSR count). The average molecular weight is 282 g/mol. The van der Waals surface area contributed by atoms with Gasteiger partial charge in [0.2, 0.25) is 0 Å². The summed E-state index contributed by atoms with van der Waals surface area (Å²) in [7, 11) is 1.88. The molecule has 0 aliphatic carbocycles. The summed E-state index contributed by atoms with van der Waals surface area (Å²) in [4.78, 5) is 4.58. The van der Waals surface area contributed by atoms with Gasteiger partial charge in [0, 0.05) is 26.3 Å². The van der Waals surface area contributed by atoms with E-state index < -0.39 is 0 Å². The Balaban J connectivity index is 1.63. The lowest BCUT2D eigenvalue weighted by molar-refractivity contribution is 0.690. The number of fused-ring (bicyclic) bond motifs is 1. The van der Waals surface area contributed by atoms with Crippen molar-refractivity contribution in [3.63, 3.8) is 0 Å². The summed E-state index contributed by atoms with van der Waals surface area (Å²) in [5.41, 5.74) is 2.85. The molecule has 0 amide bonds. The molecule has 0 saturated carbocycles. The highest BCUT2D eigenvalue weighted by molar-refractivity contribution is 7.18. The van der Waals surface area contributed by atoms with Crippen molar-refractivity contribution in [2.24, 2.45) is 7.05 Å². The Hall–Kier alpha value is -2.16. The van der Waals surface area contributed by atoms with Crippen LogP contribution in [0.2, 0.25) is 0 Å². The summed E-state index contributed by atoms with van der Waals surface area (Å²) < 4.78 is 3.06. The third-order valence-electron chi connectivity index (χ3n) is 3.12. The molecule has 0 aliphatic heterocycles. The number of nitrogens with one attached hydrogen (secondary N) is 1. The predicted molar refractivity (Wildman–Crippen MR) is 80.3 cm³/mol. The van der Waals surface area contributed by atoms with Crippen molar-refractivity contribution in [3.05, 3.63) is 52.8 Å². The van der Waals surface area contributed by atoms with Crippen molar-refractivity contribution >= 4 is 21.6 Å². The summed E-state index contributed by atoms with van der Waals surface area (Å²) in [6.45, 7) is 1.49. The Labute approximate surface area is 121 Å². The van der Waals surface area contributed by atoms with E-state index in [1.165, 1.54) is 4.70 Å². The number of aryl methyl sites for hydroxylation is 1. The van der Waals surface area contributed by atoms with Crippen LogP contribution in [-0.2, 0) is 20.1 Å². The molecular weight excluding hydrogens is 268 g/mol. The fourth-order valence-corrected chi connectivity index (χ4v) is 3.09. The average Bonchev–Trinajstić information content (AvgIpc) is 3.01. The van der Waals surface area contributed by atoms with Crippen LogP contribution >= 0.6 is 11.3 Å². The Morgan fingerprint density at radius 2 is 2.20 bits per heavy atom. The molecule has 20 heavy (non-hydrogen) atoms. The first-order valence-electron chi connectivity index (χ1n) is 6.37. The van der Waals surface area contributed by atoms with Gasteiger partial charge in [-0.15, -0.1) is 11.3 Å². The maximum absolute atomic E-state index is 8.92. The number of nitriles is 1. The lowest BCUT2D eigenvalue weighted by Crippen LogP contribution is -2.11. The summed E-state index contributed by atoms with van der Waals surface area (Å²) in [6.07, 6.45) is 1.98. The zero-order valence-electron chi connectivity index (χ0n) is 11.1. The lowest BCUT2D eigenvalue weighted by atomic mass is 10.3. The van der Waals surface area contributed by atoms with Gasteiger partial charge in [0.15, 0.2) is 0 Å². The van der Waals surface area contributed by atoms with Crippen molar-refractivity contribution in [3.8, 4) is 6.07 Å². The highest BCUT2D eigenvalue weighted by Crippen LogP contribution is 2.21. The molecule has 0 atom stereocenters. The van der Waals surface area contributed by atoms with Crippen LogP contribution in [0.15, 0.2) is 36.5 Å². The van der Waals surface area contributed by atoms with Gasteiger partial charge in [-0.2, -0.15) is 5.26 Å². The zero-order valence-corrected chi connectivity index (χ0v) is 11.9. The first-order valence-corrected chi connectivity index (χ1v) is 7.18. The molecular formula is C15H14N4S. The fraction of sp³-hybridized carbons (Fsp3) is 0.200. The molecule has 0 spiro atoms. The van der Waals surface area contributed by atoms with E-state index in [-0.39, 0.29) is 0 Å². The molecule has 1 N–H and O–H groups in total. The van der Waals surface area contributed by atoms with Crippen LogP contribution in [0.3, 0.4) is 0 Å². The number of para-hydroxylation sites is 1. The molecule has 3 aromatic rings. The van der Waals surface area contributed by atoms with Crippen molar-refractivity contribution in [1.29, 1.82) is 5.26 Å². The van der Waals surface area contributed by atoms with E-state index in [4.69, 9.17) is 5.26 Å². The maximum atomic E-state index is 8.92. The molecule has 0 radical (unpaired) electrons. The van der Waals surface area contributed by atoms with Crippen LogP contribution in [0.5, 0.6) is 0 Å². The highest BCUT2D eigenvalue weighted by atomic mass is 32.1. The van der Waals surface area contributed by atoms with E-state index in [1.54, 1.807) is 11.3 Å². The first kappa shape index (κ1) is 12.9. The zero-order chi connectivity index (χ0) is 13.9. The summed E-state index contributed by atoms with van der Waals surface area (Å²) >= 11 is 1.71. The van der Waals surface area contributed by atoms with Gasteiger partial charge in [-0.3, -0.25) is 0 Å². The van der Waals surface area contributed by atoms with E-state index in [0.29, 0.717) is 5.69 Å². The molecule has 4 nitrogen and oxygen atoms in total.